The first-order valence-corrected chi connectivity index (χ1v) is 2.96. The van der Waals surface area contributed by atoms with Crippen LogP contribution in [0.2, 0.25) is 0 Å². The third-order valence-electron chi connectivity index (χ3n) is 0. The molecule has 0 heterocycles. The quantitative estimate of drug-likeness (QED) is 0.372. The summed E-state index contributed by atoms with van der Waals surface area (Å²) >= 11 is 0.569. The molecule has 0 nitrogen and oxygen atoms in total. The monoisotopic (exact) mass is 238 g/mol. The van der Waals surface area contributed by atoms with E-state index in [1.54, 1.807) is 0 Å². The van der Waals surface area contributed by atoms with Crippen molar-refractivity contribution in [2.45, 2.75) is 0 Å². The Balaban J connectivity index is -0.00000000667. The molecule has 0 fully saturated rings. The molecule has 0 aromatic rings. The summed E-state index contributed by atoms with van der Waals surface area (Å²) in [6.45, 7) is 0. The fraction of sp³-hybridized carbons (Fsp3) is 0. The van der Waals surface area contributed by atoms with Gasteiger partial charge in [-0.3, -0.25) is 0 Å². The van der Waals surface area contributed by atoms with Crippen molar-refractivity contribution in [1.82, 2.24) is 0 Å². The van der Waals surface area contributed by atoms with Gasteiger partial charge in [0.1, 0.15) is 0 Å². The van der Waals surface area contributed by atoms with E-state index < -0.39 is 0 Å². The Kier molecular flexibility index (Phi) is 95.2. The minimum atomic E-state index is 0. The maximum atomic E-state index is 4.70. The molecule has 0 rings (SSSR count). The Bertz CT molecular complexity index is 7.51. The minimum absolute atomic E-state index is 0. The van der Waals surface area contributed by atoms with Crippen LogP contribution in [0.4, 0.5) is 0 Å². The molecular formula is CaCl4Ni. The van der Waals surface area contributed by atoms with E-state index in [1.165, 1.54) is 0 Å². The topological polar surface area (TPSA) is 0 Å². The fourth-order valence-electron chi connectivity index (χ4n) is 0. The molecule has 40 valence electrons. The molecule has 0 radical (unpaired) electrons. The molecule has 0 atom stereocenters. The van der Waals surface area contributed by atoms with Gasteiger partial charge in [-0.15, -0.1) is 0 Å². The van der Waals surface area contributed by atoms with Crippen LogP contribution in [0.5, 0.6) is 0 Å². The van der Waals surface area contributed by atoms with E-state index in [-0.39, 0.29) is 62.6 Å². The SMILES string of the molecule is [Ca+2].[Cl-].[Cl-].[Cl][Ni][Cl]. The van der Waals surface area contributed by atoms with Crippen LogP contribution in [0.1, 0.15) is 0 Å². The number of rotatable bonds is 0. The van der Waals surface area contributed by atoms with E-state index in [4.69, 9.17) is 20.4 Å². The predicted molar refractivity (Wildman–Crippen MR) is 17.5 cm³/mol. The second-order valence-corrected chi connectivity index (χ2v) is 1.68. The van der Waals surface area contributed by atoms with Gasteiger partial charge in [-0.2, -0.15) is 0 Å². The third-order valence-corrected chi connectivity index (χ3v) is 0. The van der Waals surface area contributed by atoms with Crippen LogP contribution in [0.3, 0.4) is 0 Å². The van der Waals surface area contributed by atoms with Crippen LogP contribution >= 0.6 is 20.4 Å². The van der Waals surface area contributed by atoms with Crippen molar-refractivity contribution >= 4 is 58.1 Å². The molecule has 6 heavy (non-hydrogen) atoms. The van der Waals surface area contributed by atoms with E-state index in [0.29, 0.717) is 12.7 Å². The zero-order valence-corrected chi connectivity index (χ0v) is 8.75. The van der Waals surface area contributed by atoms with Gasteiger partial charge in [0.15, 0.2) is 0 Å². The summed E-state index contributed by atoms with van der Waals surface area (Å²) in [7, 11) is 9.40. The standard InChI is InChI=1S/Ca.4ClH.Ni/h;4*1H;/q+2;;;;;+2/p-4. The summed E-state index contributed by atoms with van der Waals surface area (Å²) in [5.41, 5.74) is 0. The summed E-state index contributed by atoms with van der Waals surface area (Å²) in [6.07, 6.45) is 0. The summed E-state index contributed by atoms with van der Waals surface area (Å²) in [6, 6.07) is 0. The Morgan fingerprint density at radius 1 is 1.00 bits per heavy atom. The number of hydrogen-bond acceptors (Lipinski definition) is 0. The molecule has 0 bridgehead atoms. The number of halogens is 4. The third kappa shape index (κ3) is 28.5. The first kappa shape index (κ1) is 23.1. The second-order valence-electron chi connectivity index (χ2n) is 0.0452. The first-order chi connectivity index (χ1) is 1.41. The van der Waals surface area contributed by atoms with Gasteiger partial charge in [-0.05, 0) is 0 Å². The molecule has 0 spiro atoms. The van der Waals surface area contributed by atoms with Crippen LogP contribution < -0.4 is 24.8 Å². The normalized spacial score (nSPS) is 3.67. The van der Waals surface area contributed by atoms with Crippen molar-refractivity contribution < 1.29 is 37.5 Å². The van der Waals surface area contributed by atoms with Crippen molar-refractivity contribution in [2.75, 3.05) is 0 Å². The molecule has 0 aliphatic rings. The van der Waals surface area contributed by atoms with Gasteiger partial charge in [0.25, 0.3) is 0 Å². The van der Waals surface area contributed by atoms with Crippen LogP contribution in [-0.2, 0) is 12.7 Å². The van der Waals surface area contributed by atoms with Crippen molar-refractivity contribution in [3.05, 3.63) is 0 Å². The molecule has 0 aromatic heterocycles. The van der Waals surface area contributed by atoms with Gasteiger partial charge in [-0.25, -0.2) is 0 Å². The van der Waals surface area contributed by atoms with E-state index in [1.807, 2.05) is 0 Å². The zero-order chi connectivity index (χ0) is 2.71. The number of hydrogen-bond donors (Lipinski definition) is 0. The van der Waals surface area contributed by atoms with Crippen molar-refractivity contribution in [1.29, 1.82) is 0 Å². The summed E-state index contributed by atoms with van der Waals surface area (Å²) in [5.74, 6) is 0. The fourth-order valence-corrected chi connectivity index (χ4v) is 0. The van der Waals surface area contributed by atoms with Gasteiger partial charge < -0.3 is 24.8 Å². The zero-order valence-electron chi connectivity index (χ0n) is 2.54. The first-order valence-electron chi connectivity index (χ1n) is 0.239. The maximum absolute atomic E-state index is 4.70. The van der Waals surface area contributed by atoms with E-state index >= 15 is 0 Å². The molecule has 0 N–H and O–H groups in total. The molecule has 0 unspecified atom stereocenters. The van der Waals surface area contributed by atoms with Crippen LogP contribution in [0.15, 0.2) is 0 Å². The van der Waals surface area contributed by atoms with Gasteiger partial charge in [-0.1, -0.05) is 0 Å². The average molecular weight is 241 g/mol. The molecule has 0 aromatic carbocycles. The average Bonchev–Trinajstić information content (AvgIpc) is 0.918. The Morgan fingerprint density at radius 3 is 1.00 bits per heavy atom. The molecule has 0 saturated carbocycles. The summed E-state index contributed by atoms with van der Waals surface area (Å²) in [4.78, 5) is 0. The molecule has 0 aliphatic carbocycles. The molecular weight excluding hydrogens is 241 g/mol. The van der Waals surface area contributed by atoms with E-state index in [9.17, 15) is 0 Å². The Morgan fingerprint density at radius 2 is 1.00 bits per heavy atom. The van der Waals surface area contributed by atoms with Gasteiger partial charge in [0, 0.05) is 0 Å². The predicted octanol–water partition coefficient (Wildman–Crippen LogP) is -5.00. The Labute approximate surface area is 93.9 Å². The molecule has 0 aliphatic heterocycles. The molecule has 6 heteroatoms. The second kappa shape index (κ2) is 24.7. The van der Waals surface area contributed by atoms with Gasteiger partial charge in [0.05, 0.1) is 0 Å². The van der Waals surface area contributed by atoms with Crippen LogP contribution in [0.25, 0.3) is 0 Å². The summed E-state index contributed by atoms with van der Waals surface area (Å²) in [5, 5.41) is 0. The van der Waals surface area contributed by atoms with E-state index in [2.05, 4.69) is 0 Å². The molecule has 0 saturated heterocycles. The summed E-state index contributed by atoms with van der Waals surface area (Å²) < 4.78 is 0. The van der Waals surface area contributed by atoms with Crippen LogP contribution in [0, 0.1) is 0 Å². The van der Waals surface area contributed by atoms with Crippen molar-refractivity contribution in [3.8, 4) is 0 Å². The van der Waals surface area contributed by atoms with Crippen molar-refractivity contribution in [2.24, 2.45) is 0 Å². The molecule has 0 amide bonds. The van der Waals surface area contributed by atoms with Gasteiger partial charge in [0.2, 0.25) is 0 Å². The van der Waals surface area contributed by atoms with Crippen molar-refractivity contribution in [3.63, 3.8) is 0 Å². The van der Waals surface area contributed by atoms with Crippen LogP contribution in [-0.4, -0.2) is 37.7 Å². The Hall–Kier alpha value is 2.91. The van der Waals surface area contributed by atoms with E-state index in [0.717, 1.165) is 0 Å². The van der Waals surface area contributed by atoms with Gasteiger partial charge >= 0.3 is 70.8 Å².